The molecule has 0 aromatic rings. The van der Waals surface area contributed by atoms with Gasteiger partial charge in [0.25, 0.3) is 0 Å². The van der Waals surface area contributed by atoms with Crippen molar-refractivity contribution in [3.8, 4) is 0 Å². The first-order valence-electron chi connectivity index (χ1n) is 2.25. The predicted molar refractivity (Wildman–Crippen MR) is 30.7 cm³/mol. The number of hydrogen-bond acceptors (Lipinski definition) is 2. The molecule has 2 N–H and O–H groups in total. The van der Waals surface area contributed by atoms with E-state index >= 15 is 0 Å². The Labute approximate surface area is 49.4 Å². The van der Waals surface area contributed by atoms with Gasteiger partial charge in [0.1, 0.15) is 0 Å². The molecule has 1 unspecified atom stereocenters. The molecule has 0 amide bonds. The van der Waals surface area contributed by atoms with Crippen molar-refractivity contribution in [3.63, 3.8) is 0 Å². The SMILES string of the molecule is Cl.NCC1CCO1. The highest BCUT2D eigenvalue weighted by atomic mass is 35.5. The summed E-state index contributed by atoms with van der Waals surface area (Å²) < 4.78 is 4.95. The first kappa shape index (κ1) is 7.21. The smallest absolute Gasteiger partial charge is 0.0719 e. The van der Waals surface area contributed by atoms with Gasteiger partial charge in [0, 0.05) is 13.2 Å². The maximum Gasteiger partial charge on any atom is 0.0719 e. The van der Waals surface area contributed by atoms with Crippen molar-refractivity contribution in [2.75, 3.05) is 13.2 Å². The lowest BCUT2D eigenvalue weighted by atomic mass is 10.2. The van der Waals surface area contributed by atoms with Crippen LogP contribution in [0.4, 0.5) is 0 Å². The molecule has 0 aromatic heterocycles. The quantitative estimate of drug-likeness (QED) is 0.539. The minimum atomic E-state index is 0. The number of hydrogen-bond donors (Lipinski definition) is 1. The van der Waals surface area contributed by atoms with Crippen LogP contribution in [0.5, 0.6) is 0 Å². The van der Waals surface area contributed by atoms with E-state index in [9.17, 15) is 0 Å². The minimum Gasteiger partial charge on any atom is -0.377 e. The van der Waals surface area contributed by atoms with Crippen molar-refractivity contribution in [3.05, 3.63) is 0 Å². The van der Waals surface area contributed by atoms with Crippen LogP contribution in [-0.4, -0.2) is 19.3 Å². The van der Waals surface area contributed by atoms with E-state index in [4.69, 9.17) is 10.5 Å². The second kappa shape index (κ2) is 3.24. The predicted octanol–water partition coefficient (Wildman–Crippen LogP) is 0.156. The third-order valence-electron chi connectivity index (χ3n) is 1.06. The lowest BCUT2D eigenvalue weighted by molar-refractivity contribution is -0.0435. The van der Waals surface area contributed by atoms with E-state index in [2.05, 4.69) is 0 Å². The van der Waals surface area contributed by atoms with E-state index in [0.717, 1.165) is 13.0 Å². The Morgan fingerprint density at radius 3 is 2.29 bits per heavy atom. The average Bonchev–Trinajstić information content (AvgIpc) is 1.31. The van der Waals surface area contributed by atoms with E-state index in [-0.39, 0.29) is 12.4 Å². The van der Waals surface area contributed by atoms with Crippen molar-refractivity contribution in [1.29, 1.82) is 0 Å². The van der Waals surface area contributed by atoms with Gasteiger partial charge in [-0.2, -0.15) is 0 Å². The molecule has 1 rings (SSSR count). The van der Waals surface area contributed by atoms with Gasteiger partial charge in [-0.3, -0.25) is 0 Å². The number of nitrogens with two attached hydrogens (primary N) is 1. The summed E-state index contributed by atoms with van der Waals surface area (Å²) in [6, 6.07) is 0. The lowest BCUT2D eigenvalue weighted by Crippen LogP contribution is -2.33. The molecule has 1 atom stereocenters. The molecule has 3 heteroatoms. The Hall–Kier alpha value is 0.210. The molecule has 1 fully saturated rings. The van der Waals surface area contributed by atoms with Crippen LogP contribution in [0.25, 0.3) is 0 Å². The summed E-state index contributed by atoms with van der Waals surface area (Å²) in [6.07, 6.45) is 1.56. The summed E-state index contributed by atoms with van der Waals surface area (Å²) in [6.45, 7) is 1.61. The first-order valence-corrected chi connectivity index (χ1v) is 2.25. The fourth-order valence-electron chi connectivity index (χ4n) is 0.470. The van der Waals surface area contributed by atoms with Crippen molar-refractivity contribution in [1.82, 2.24) is 0 Å². The third kappa shape index (κ3) is 1.63. The molecule has 1 heterocycles. The molecular formula is C4H10ClNO. The molecule has 0 saturated carbocycles. The zero-order valence-corrected chi connectivity index (χ0v) is 4.91. The van der Waals surface area contributed by atoms with Gasteiger partial charge in [0.05, 0.1) is 6.10 Å². The van der Waals surface area contributed by atoms with Crippen LogP contribution in [0.2, 0.25) is 0 Å². The van der Waals surface area contributed by atoms with Crippen LogP contribution in [0.1, 0.15) is 6.42 Å². The molecule has 0 radical (unpaired) electrons. The van der Waals surface area contributed by atoms with Crippen molar-refractivity contribution < 1.29 is 4.74 Å². The largest absolute Gasteiger partial charge is 0.377 e. The summed E-state index contributed by atoms with van der Waals surface area (Å²) in [5.74, 6) is 0. The van der Waals surface area contributed by atoms with Crippen molar-refractivity contribution >= 4 is 12.4 Å². The molecule has 0 aromatic carbocycles. The maximum atomic E-state index is 5.21. The topological polar surface area (TPSA) is 35.2 Å². The second-order valence-electron chi connectivity index (χ2n) is 1.52. The molecule has 0 spiro atoms. The van der Waals surface area contributed by atoms with Gasteiger partial charge in [0.15, 0.2) is 0 Å². The maximum absolute atomic E-state index is 5.21. The summed E-state index contributed by atoms with van der Waals surface area (Å²) in [4.78, 5) is 0. The third-order valence-corrected chi connectivity index (χ3v) is 1.06. The zero-order valence-electron chi connectivity index (χ0n) is 4.09. The van der Waals surface area contributed by atoms with E-state index in [1.54, 1.807) is 0 Å². The standard InChI is InChI=1S/C4H9NO.ClH/c5-3-4-1-2-6-4;/h4H,1-3,5H2;1H. The van der Waals surface area contributed by atoms with E-state index in [1.807, 2.05) is 0 Å². The van der Waals surface area contributed by atoms with Gasteiger partial charge >= 0.3 is 0 Å². The Morgan fingerprint density at radius 2 is 2.29 bits per heavy atom. The molecule has 1 aliphatic heterocycles. The van der Waals surface area contributed by atoms with Gasteiger partial charge in [-0.1, -0.05) is 0 Å². The summed E-state index contributed by atoms with van der Waals surface area (Å²) in [7, 11) is 0. The summed E-state index contributed by atoms with van der Waals surface area (Å²) >= 11 is 0. The van der Waals surface area contributed by atoms with E-state index in [0.29, 0.717) is 12.6 Å². The van der Waals surface area contributed by atoms with E-state index in [1.165, 1.54) is 0 Å². The van der Waals surface area contributed by atoms with Crippen molar-refractivity contribution in [2.24, 2.45) is 5.73 Å². The monoisotopic (exact) mass is 123 g/mol. The van der Waals surface area contributed by atoms with Gasteiger partial charge in [-0.05, 0) is 6.42 Å². The highest BCUT2D eigenvalue weighted by Gasteiger charge is 2.14. The molecule has 1 saturated heterocycles. The van der Waals surface area contributed by atoms with Gasteiger partial charge in [-0.15, -0.1) is 12.4 Å². The Kier molecular flexibility index (Phi) is 3.34. The van der Waals surface area contributed by atoms with Crippen LogP contribution < -0.4 is 5.73 Å². The van der Waals surface area contributed by atoms with Crippen LogP contribution in [0.15, 0.2) is 0 Å². The number of ether oxygens (including phenoxy) is 1. The zero-order chi connectivity index (χ0) is 4.41. The summed E-state index contributed by atoms with van der Waals surface area (Å²) in [5, 5.41) is 0. The van der Waals surface area contributed by atoms with Crippen LogP contribution in [0, 0.1) is 0 Å². The molecular weight excluding hydrogens is 114 g/mol. The fourth-order valence-corrected chi connectivity index (χ4v) is 0.470. The Balaban J connectivity index is 0.000000360. The normalized spacial score (nSPS) is 27.9. The fraction of sp³-hybridized carbons (Fsp3) is 1.00. The molecule has 0 bridgehead atoms. The molecule has 1 aliphatic rings. The van der Waals surface area contributed by atoms with Gasteiger partial charge in [-0.25, -0.2) is 0 Å². The first-order chi connectivity index (χ1) is 2.93. The molecule has 2 nitrogen and oxygen atoms in total. The Morgan fingerprint density at radius 1 is 1.71 bits per heavy atom. The molecule has 7 heavy (non-hydrogen) atoms. The second-order valence-corrected chi connectivity index (χ2v) is 1.52. The number of rotatable bonds is 1. The van der Waals surface area contributed by atoms with E-state index < -0.39 is 0 Å². The Bertz CT molecular complexity index is 44.2. The molecule has 0 aliphatic carbocycles. The van der Waals surface area contributed by atoms with Crippen LogP contribution in [0.3, 0.4) is 0 Å². The summed E-state index contributed by atoms with van der Waals surface area (Å²) in [5.41, 5.74) is 5.21. The average molecular weight is 124 g/mol. The lowest BCUT2D eigenvalue weighted by Gasteiger charge is -2.24. The van der Waals surface area contributed by atoms with Gasteiger partial charge < -0.3 is 10.5 Å². The highest BCUT2D eigenvalue weighted by Crippen LogP contribution is 2.07. The minimum absolute atomic E-state index is 0. The van der Waals surface area contributed by atoms with Crippen molar-refractivity contribution in [2.45, 2.75) is 12.5 Å². The molecule has 44 valence electrons. The number of halogens is 1. The van der Waals surface area contributed by atoms with Gasteiger partial charge in [0.2, 0.25) is 0 Å². The van der Waals surface area contributed by atoms with Crippen LogP contribution >= 0.6 is 12.4 Å². The highest BCUT2D eigenvalue weighted by molar-refractivity contribution is 5.85. The van der Waals surface area contributed by atoms with Crippen LogP contribution in [-0.2, 0) is 4.74 Å².